The van der Waals surface area contributed by atoms with Crippen LogP contribution in [0.1, 0.15) is 73.1 Å². The molecule has 0 aliphatic rings. The summed E-state index contributed by atoms with van der Waals surface area (Å²) >= 11 is 0. The minimum absolute atomic E-state index is 0.0101. The summed E-state index contributed by atoms with van der Waals surface area (Å²) in [6.45, 7) is 12.4. The molecular weight excluding hydrogens is 420 g/mol. The molecule has 0 saturated carbocycles. The fraction of sp³-hybridized carbons (Fsp3) is 0.818. The lowest BCUT2D eigenvalue weighted by Gasteiger charge is -2.20. The number of carbonyl (C=O) groups excluding carboxylic acids is 6. The van der Waals surface area contributed by atoms with Crippen molar-refractivity contribution in [2.75, 3.05) is 26.3 Å². The maximum absolute atomic E-state index is 12.0. The van der Waals surface area contributed by atoms with E-state index in [4.69, 9.17) is 28.7 Å². The van der Waals surface area contributed by atoms with Crippen LogP contribution in [0.2, 0.25) is 0 Å². The Kier molecular flexibility index (Phi) is 28.5. The Labute approximate surface area is 191 Å². The van der Waals surface area contributed by atoms with Gasteiger partial charge < -0.3 is 20.1 Å². The molecule has 0 bridgehead atoms. The van der Waals surface area contributed by atoms with Gasteiger partial charge in [0.1, 0.15) is 6.04 Å². The van der Waals surface area contributed by atoms with Gasteiger partial charge >= 0.3 is 24.2 Å². The summed E-state index contributed by atoms with van der Waals surface area (Å²) < 4.78 is 10.0. The van der Waals surface area contributed by atoms with Gasteiger partial charge in [0.25, 0.3) is 0 Å². The van der Waals surface area contributed by atoms with E-state index in [0.29, 0.717) is 31.7 Å². The van der Waals surface area contributed by atoms with E-state index < -0.39 is 6.04 Å². The highest BCUT2D eigenvalue weighted by Crippen LogP contribution is 2.07. The van der Waals surface area contributed by atoms with Crippen molar-refractivity contribution in [3.8, 4) is 0 Å². The number of ether oxygens (including phenoxy) is 2. The number of hydrogen-bond donors (Lipinski definition) is 2. The van der Waals surface area contributed by atoms with E-state index in [2.05, 4.69) is 31.4 Å². The molecule has 0 aromatic heterocycles. The summed E-state index contributed by atoms with van der Waals surface area (Å²) in [6.07, 6.45) is 6.28. The lowest BCUT2D eigenvalue weighted by molar-refractivity contribution is -0.193. The molecule has 3 unspecified atom stereocenters. The summed E-state index contributed by atoms with van der Waals surface area (Å²) in [5.74, 6) is -0.349. The van der Waals surface area contributed by atoms with Crippen LogP contribution in [0.25, 0.3) is 0 Å². The van der Waals surface area contributed by atoms with Gasteiger partial charge in [-0.15, -0.1) is 0 Å². The van der Waals surface area contributed by atoms with Gasteiger partial charge in [-0.2, -0.15) is 19.2 Å². The van der Waals surface area contributed by atoms with E-state index in [0.717, 1.165) is 19.4 Å². The highest BCUT2D eigenvalue weighted by molar-refractivity contribution is 5.82. The molecule has 0 amide bonds. The Balaban J connectivity index is -0.00000125. The second-order valence-electron chi connectivity index (χ2n) is 6.98. The summed E-state index contributed by atoms with van der Waals surface area (Å²) in [5.41, 5.74) is 0. The Morgan fingerprint density at radius 3 is 1.91 bits per heavy atom. The Hall–Kier alpha value is -2.38. The van der Waals surface area contributed by atoms with Crippen molar-refractivity contribution in [1.29, 1.82) is 0 Å². The highest BCUT2D eigenvalue weighted by atomic mass is 16.5. The lowest BCUT2D eigenvalue weighted by atomic mass is 10.0. The molecule has 0 spiro atoms. The van der Waals surface area contributed by atoms with Crippen molar-refractivity contribution in [2.45, 2.75) is 85.2 Å². The zero-order valence-electron chi connectivity index (χ0n) is 20.1. The summed E-state index contributed by atoms with van der Waals surface area (Å²) in [4.78, 5) is 56.2. The van der Waals surface area contributed by atoms with Crippen LogP contribution in [0, 0.1) is 5.92 Å². The summed E-state index contributed by atoms with van der Waals surface area (Å²) in [5, 5.41) is 6.79. The van der Waals surface area contributed by atoms with Crippen LogP contribution in [-0.2, 0) is 38.2 Å². The van der Waals surface area contributed by atoms with Crippen molar-refractivity contribution >= 4 is 24.2 Å². The van der Waals surface area contributed by atoms with Gasteiger partial charge in [-0.25, -0.2) is 0 Å². The van der Waals surface area contributed by atoms with Crippen molar-refractivity contribution in [3.63, 3.8) is 0 Å². The fourth-order valence-corrected chi connectivity index (χ4v) is 2.87. The maximum Gasteiger partial charge on any atom is 0.373 e. The van der Waals surface area contributed by atoms with Crippen molar-refractivity contribution in [1.82, 2.24) is 10.6 Å². The predicted molar refractivity (Wildman–Crippen MR) is 115 cm³/mol. The standard InChI is InChI=1S/C20H40N2O4.2CO2/c1-6-11-17(7-2)21-13-10-12-16(5)15-22-18(20(24)26-9-4)14-19(23)25-8-3;2*2-1-3/h16-18,21-22H,6-15H2,1-5H3;;. The van der Waals surface area contributed by atoms with E-state index in [1.807, 2.05) is 0 Å². The number of esters is 2. The van der Waals surface area contributed by atoms with Crippen LogP contribution in [0.15, 0.2) is 0 Å². The molecule has 0 saturated heterocycles. The van der Waals surface area contributed by atoms with Gasteiger partial charge in [-0.1, -0.05) is 27.2 Å². The molecule has 0 aliphatic heterocycles. The molecular formula is C22H40N2O8. The molecule has 0 aromatic carbocycles. The molecule has 0 rings (SSSR count). The van der Waals surface area contributed by atoms with Crippen LogP contribution in [-0.4, -0.2) is 62.6 Å². The lowest BCUT2D eigenvalue weighted by Crippen LogP contribution is -2.42. The first-order valence-corrected chi connectivity index (χ1v) is 11.1. The Bertz CT molecular complexity index is 518. The third-order valence-corrected chi connectivity index (χ3v) is 4.40. The minimum atomic E-state index is -0.636. The van der Waals surface area contributed by atoms with Crippen molar-refractivity contribution in [3.05, 3.63) is 0 Å². The zero-order valence-corrected chi connectivity index (χ0v) is 20.1. The molecule has 0 heterocycles. The molecule has 0 aromatic rings. The van der Waals surface area contributed by atoms with Crippen LogP contribution in [0.5, 0.6) is 0 Å². The molecule has 0 radical (unpaired) electrons. The number of nitrogens with one attached hydrogen (secondary N) is 2. The highest BCUT2D eigenvalue weighted by Gasteiger charge is 2.24. The normalized spacial score (nSPS) is 12.3. The monoisotopic (exact) mass is 460 g/mol. The van der Waals surface area contributed by atoms with Crippen LogP contribution in [0.3, 0.4) is 0 Å². The predicted octanol–water partition coefficient (Wildman–Crippen LogP) is 1.88. The van der Waals surface area contributed by atoms with E-state index in [1.54, 1.807) is 13.8 Å². The SMILES string of the molecule is CCCC(CC)NCCCC(C)CNC(CC(=O)OCC)C(=O)OCC.O=C=O.O=C=O. The molecule has 2 N–H and O–H groups in total. The third kappa shape index (κ3) is 23.9. The fourth-order valence-electron chi connectivity index (χ4n) is 2.87. The van der Waals surface area contributed by atoms with Gasteiger partial charge in [0.2, 0.25) is 0 Å². The van der Waals surface area contributed by atoms with E-state index in [1.165, 1.54) is 19.3 Å². The van der Waals surface area contributed by atoms with E-state index in [9.17, 15) is 9.59 Å². The van der Waals surface area contributed by atoms with Crippen LogP contribution < -0.4 is 10.6 Å². The molecule has 0 aliphatic carbocycles. The maximum atomic E-state index is 12.0. The van der Waals surface area contributed by atoms with Gasteiger partial charge in [-0.05, 0) is 58.5 Å². The average Bonchev–Trinajstić information content (AvgIpc) is 2.74. The second kappa shape index (κ2) is 26.7. The Morgan fingerprint density at radius 1 is 0.875 bits per heavy atom. The first kappa shape index (κ1) is 34.2. The van der Waals surface area contributed by atoms with Crippen LogP contribution >= 0.6 is 0 Å². The van der Waals surface area contributed by atoms with Gasteiger partial charge in [0.05, 0.1) is 19.6 Å². The van der Waals surface area contributed by atoms with E-state index in [-0.39, 0.29) is 30.7 Å². The largest absolute Gasteiger partial charge is 0.466 e. The third-order valence-electron chi connectivity index (χ3n) is 4.40. The average molecular weight is 461 g/mol. The molecule has 0 fully saturated rings. The number of carbonyl (C=O) groups is 2. The van der Waals surface area contributed by atoms with Gasteiger partial charge in [0, 0.05) is 6.04 Å². The molecule has 186 valence electrons. The van der Waals surface area contributed by atoms with Crippen LogP contribution in [0.4, 0.5) is 0 Å². The Morgan fingerprint density at radius 2 is 1.44 bits per heavy atom. The zero-order chi connectivity index (χ0) is 25.2. The van der Waals surface area contributed by atoms with Gasteiger partial charge in [0.15, 0.2) is 0 Å². The van der Waals surface area contributed by atoms with E-state index >= 15 is 0 Å². The summed E-state index contributed by atoms with van der Waals surface area (Å²) in [6, 6.07) is -0.0187. The summed E-state index contributed by atoms with van der Waals surface area (Å²) in [7, 11) is 0. The molecule has 3 atom stereocenters. The second-order valence-corrected chi connectivity index (χ2v) is 6.98. The first-order valence-electron chi connectivity index (χ1n) is 11.1. The number of rotatable bonds is 16. The molecule has 10 heteroatoms. The molecule has 10 nitrogen and oxygen atoms in total. The topological polar surface area (TPSA) is 145 Å². The first-order chi connectivity index (χ1) is 15.3. The van der Waals surface area contributed by atoms with Crippen molar-refractivity contribution in [2.24, 2.45) is 5.92 Å². The minimum Gasteiger partial charge on any atom is -0.466 e. The molecule has 32 heavy (non-hydrogen) atoms. The quantitative estimate of drug-likeness (QED) is 0.259. The number of hydrogen-bond acceptors (Lipinski definition) is 10. The van der Waals surface area contributed by atoms with Crippen molar-refractivity contribution < 1.29 is 38.2 Å². The smallest absolute Gasteiger partial charge is 0.373 e. The van der Waals surface area contributed by atoms with Gasteiger partial charge in [-0.3, -0.25) is 9.59 Å².